The standard InChI is InChI=1S/C16H17NO5S2/c1-2-22-12-8-10(5-6-11(12)18)9-13-15(21)17(16(23)24-13)7-3-4-14(19)20/h5-6,8-9,18H,2-4,7H2,1H3,(H,19,20). The van der Waals surface area contributed by atoms with Crippen LogP contribution in [0.2, 0.25) is 0 Å². The van der Waals surface area contributed by atoms with Crippen molar-refractivity contribution in [1.82, 2.24) is 4.90 Å². The first-order valence-corrected chi connectivity index (χ1v) is 8.57. The molecule has 2 N–H and O–H groups in total. The van der Waals surface area contributed by atoms with Crippen molar-refractivity contribution in [3.8, 4) is 11.5 Å². The second kappa shape index (κ2) is 8.16. The van der Waals surface area contributed by atoms with Crippen LogP contribution < -0.4 is 4.74 Å². The lowest BCUT2D eigenvalue weighted by molar-refractivity contribution is -0.137. The number of ether oxygens (including phenoxy) is 1. The highest BCUT2D eigenvalue weighted by molar-refractivity contribution is 8.26. The van der Waals surface area contributed by atoms with Crippen molar-refractivity contribution in [2.45, 2.75) is 19.8 Å². The molecule has 8 heteroatoms. The SMILES string of the molecule is CCOc1cc(C=C2SC(=S)N(CCCC(=O)O)C2=O)ccc1O. The van der Waals surface area contributed by atoms with Gasteiger partial charge in [0, 0.05) is 13.0 Å². The van der Waals surface area contributed by atoms with E-state index in [-0.39, 0.29) is 24.6 Å². The van der Waals surface area contributed by atoms with Crippen LogP contribution in [-0.2, 0) is 9.59 Å². The molecule has 1 aromatic carbocycles. The van der Waals surface area contributed by atoms with Gasteiger partial charge in [-0.1, -0.05) is 30.0 Å². The predicted octanol–water partition coefficient (Wildman–Crippen LogP) is 2.86. The number of carbonyl (C=O) groups excluding carboxylic acids is 1. The number of carboxylic acids is 1. The number of rotatable bonds is 7. The molecule has 0 atom stereocenters. The Morgan fingerprint density at radius 1 is 1.46 bits per heavy atom. The Bertz CT molecular complexity index is 702. The Morgan fingerprint density at radius 3 is 2.88 bits per heavy atom. The van der Waals surface area contributed by atoms with Gasteiger partial charge in [0.15, 0.2) is 11.5 Å². The molecule has 24 heavy (non-hydrogen) atoms. The van der Waals surface area contributed by atoms with Gasteiger partial charge in [-0.3, -0.25) is 14.5 Å². The van der Waals surface area contributed by atoms with Crippen LogP contribution in [0, 0.1) is 0 Å². The summed E-state index contributed by atoms with van der Waals surface area (Å²) in [7, 11) is 0. The molecule has 0 saturated carbocycles. The van der Waals surface area contributed by atoms with E-state index >= 15 is 0 Å². The van der Waals surface area contributed by atoms with Crippen LogP contribution >= 0.6 is 24.0 Å². The van der Waals surface area contributed by atoms with Crippen molar-refractivity contribution < 1.29 is 24.5 Å². The van der Waals surface area contributed by atoms with E-state index in [1.807, 2.05) is 6.92 Å². The van der Waals surface area contributed by atoms with E-state index in [0.29, 0.717) is 33.6 Å². The summed E-state index contributed by atoms with van der Waals surface area (Å²) in [6.45, 7) is 2.52. The maximum Gasteiger partial charge on any atom is 0.303 e. The minimum absolute atomic E-state index is 0.00815. The summed E-state index contributed by atoms with van der Waals surface area (Å²) in [6.07, 6.45) is 2.02. The van der Waals surface area contributed by atoms with E-state index in [2.05, 4.69) is 0 Å². The topological polar surface area (TPSA) is 87.1 Å². The van der Waals surface area contributed by atoms with E-state index < -0.39 is 5.97 Å². The number of nitrogens with zero attached hydrogens (tertiary/aromatic N) is 1. The highest BCUT2D eigenvalue weighted by Gasteiger charge is 2.31. The Labute approximate surface area is 149 Å². The van der Waals surface area contributed by atoms with E-state index in [4.69, 9.17) is 22.1 Å². The third-order valence-corrected chi connectivity index (χ3v) is 4.61. The molecule has 1 aromatic rings. The molecule has 0 aliphatic carbocycles. The van der Waals surface area contributed by atoms with Crippen LogP contribution in [0.4, 0.5) is 0 Å². The van der Waals surface area contributed by atoms with Gasteiger partial charge in [-0.2, -0.15) is 0 Å². The fourth-order valence-corrected chi connectivity index (χ4v) is 3.43. The molecular weight excluding hydrogens is 350 g/mol. The highest BCUT2D eigenvalue weighted by Crippen LogP contribution is 2.34. The lowest BCUT2D eigenvalue weighted by atomic mass is 10.2. The van der Waals surface area contributed by atoms with Gasteiger partial charge < -0.3 is 14.9 Å². The second-order valence-corrected chi connectivity index (χ2v) is 6.67. The summed E-state index contributed by atoms with van der Waals surface area (Å²) >= 11 is 6.37. The summed E-state index contributed by atoms with van der Waals surface area (Å²) in [4.78, 5) is 24.8. The van der Waals surface area contributed by atoms with Crippen LogP contribution in [0.3, 0.4) is 0 Å². The zero-order valence-corrected chi connectivity index (χ0v) is 14.7. The zero-order chi connectivity index (χ0) is 17.7. The third kappa shape index (κ3) is 4.48. The van der Waals surface area contributed by atoms with Crippen molar-refractivity contribution in [1.29, 1.82) is 0 Å². The zero-order valence-electron chi connectivity index (χ0n) is 13.0. The largest absolute Gasteiger partial charge is 0.504 e. The number of benzene rings is 1. The van der Waals surface area contributed by atoms with Gasteiger partial charge in [0.05, 0.1) is 11.5 Å². The Hall–Kier alpha value is -2.06. The molecule has 0 aromatic heterocycles. The number of phenols is 1. The normalized spacial score (nSPS) is 16.0. The van der Waals surface area contributed by atoms with Gasteiger partial charge in [-0.25, -0.2) is 0 Å². The number of amides is 1. The Balaban J connectivity index is 2.13. The van der Waals surface area contributed by atoms with Gasteiger partial charge >= 0.3 is 5.97 Å². The second-order valence-electron chi connectivity index (χ2n) is 4.99. The van der Waals surface area contributed by atoms with Crippen molar-refractivity contribution in [3.63, 3.8) is 0 Å². The fraction of sp³-hybridized carbons (Fsp3) is 0.312. The average molecular weight is 367 g/mol. The van der Waals surface area contributed by atoms with E-state index in [0.717, 1.165) is 0 Å². The molecule has 1 saturated heterocycles. The lowest BCUT2D eigenvalue weighted by Gasteiger charge is -2.13. The van der Waals surface area contributed by atoms with Gasteiger partial charge in [-0.15, -0.1) is 0 Å². The molecule has 2 rings (SSSR count). The maximum absolute atomic E-state index is 12.4. The van der Waals surface area contributed by atoms with Gasteiger partial charge in [0.25, 0.3) is 5.91 Å². The molecule has 0 spiro atoms. The minimum atomic E-state index is -0.900. The molecule has 1 fully saturated rings. The number of thioether (sulfide) groups is 1. The molecule has 1 amide bonds. The number of thiocarbonyl (C=S) groups is 1. The van der Waals surface area contributed by atoms with Crippen LogP contribution in [0.25, 0.3) is 6.08 Å². The summed E-state index contributed by atoms with van der Waals surface area (Å²) in [5.41, 5.74) is 0.710. The molecule has 128 valence electrons. The predicted molar refractivity (Wildman–Crippen MR) is 96.0 cm³/mol. The number of hydrogen-bond donors (Lipinski definition) is 2. The molecule has 1 aliphatic heterocycles. The number of hydrogen-bond acceptors (Lipinski definition) is 6. The first-order valence-electron chi connectivity index (χ1n) is 7.35. The summed E-state index contributed by atoms with van der Waals surface area (Å²) in [5.74, 6) is -0.747. The summed E-state index contributed by atoms with van der Waals surface area (Å²) in [6, 6.07) is 4.83. The van der Waals surface area contributed by atoms with Crippen molar-refractivity contribution >= 4 is 46.3 Å². The summed E-state index contributed by atoms with van der Waals surface area (Å²) < 4.78 is 5.74. The summed E-state index contributed by atoms with van der Waals surface area (Å²) in [5, 5.41) is 18.4. The number of carboxylic acid groups (broad SMARTS) is 1. The van der Waals surface area contributed by atoms with Gasteiger partial charge in [-0.05, 0) is 37.1 Å². The van der Waals surface area contributed by atoms with E-state index in [9.17, 15) is 14.7 Å². The van der Waals surface area contributed by atoms with Crippen LogP contribution in [0.15, 0.2) is 23.1 Å². The lowest BCUT2D eigenvalue weighted by Crippen LogP contribution is -2.29. The number of aromatic hydroxyl groups is 1. The van der Waals surface area contributed by atoms with E-state index in [1.165, 1.54) is 22.7 Å². The van der Waals surface area contributed by atoms with Crippen LogP contribution in [0.1, 0.15) is 25.3 Å². The fourth-order valence-electron chi connectivity index (χ4n) is 2.12. The molecule has 6 nitrogen and oxygen atoms in total. The first-order chi connectivity index (χ1) is 11.4. The van der Waals surface area contributed by atoms with Crippen molar-refractivity contribution in [2.75, 3.05) is 13.2 Å². The smallest absolute Gasteiger partial charge is 0.303 e. The Morgan fingerprint density at radius 2 is 2.21 bits per heavy atom. The maximum atomic E-state index is 12.4. The molecule has 0 radical (unpaired) electrons. The number of carbonyl (C=O) groups is 2. The van der Waals surface area contributed by atoms with Crippen molar-refractivity contribution in [3.05, 3.63) is 28.7 Å². The number of phenolic OH excluding ortho intramolecular Hbond substituents is 1. The van der Waals surface area contributed by atoms with Gasteiger partial charge in [0.1, 0.15) is 4.32 Å². The Kier molecular flexibility index (Phi) is 6.22. The van der Waals surface area contributed by atoms with E-state index in [1.54, 1.807) is 18.2 Å². The molecule has 0 bridgehead atoms. The molecular formula is C16H17NO5S2. The number of aliphatic carboxylic acids is 1. The quantitative estimate of drug-likeness (QED) is 0.566. The van der Waals surface area contributed by atoms with Crippen molar-refractivity contribution in [2.24, 2.45) is 0 Å². The highest BCUT2D eigenvalue weighted by atomic mass is 32.2. The molecule has 0 unspecified atom stereocenters. The molecule has 1 heterocycles. The monoisotopic (exact) mass is 367 g/mol. The van der Waals surface area contributed by atoms with Crippen LogP contribution in [-0.4, -0.2) is 44.5 Å². The molecule has 1 aliphatic rings. The third-order valence-electron chi connectivity index (χ3n) is 3.23. The average Bonchev–Trinajstić information content (AvgIpc) is 2.78. The van der Waals surface area contributed by atoms with Gasteiger partial charge in [0.2, 0.25) is 0 Å². The van der Waals surface area contributed by atoms with Crippen LogP contribution in [0.5, 0.6) is 11.5 Å². The minimum Gasteiger partial charge on any atom is -0.504 e. The first kappa shape index (κ1) is 18.3.